The Morgan fingerprint density at radius 2 is 1.58 bits per heavy atom. The van der Waals surface area contributed by atoms with E-state index < -0.39 is 6.08 Å². The normalized spacial score (nSPS) is 30.4. The van der Waals surface area contributed by atoms with Gasteiger partial charge in [-0.1, -0.05) is 50.8 Å². The molecular formula is C29H42F2. The minimum absolute atomic E-state index is 0.130. The van der Waals surface area contributed by atoms with Crippen molar-refractivity contribution in [2.45, 2.75) is 103 Å². The van der Waals surface area contributed by atoms with Crippen molar-refractivity contribution >= 4 is 0 Å². The zero-order valence-corrected chi connectivity index (χ0v) is 19.6. The summed E-state index contributed by atoms with van der Waals surface area (Å²) in [7, 11) is 0. The van der Waals surface area contributed by atoms with Gasteiger partial charge in [-0.05, 0) is 123 Å². The Kier molecular flexibility index (Phi) is 8.24. The molecule has 2 saturated carbocycles. The predicted octanol–water partition coefficient (Wildman–Crippen LogP) is 8.92. The highest BCUT2D eigenvalue weighted by atomic mass is 19.3. The Bertz CT molecular complexity index is 732. The van der Waals surface area contributed by atoms with Gasteiger partial charge in [0.25, 0.3) is 6.08 Å². The zero-order chi connectivity index (χ0) is 21.6. The molecule has 3 aliphatic rings. The average Bonchev–Trinajstić information content (AvgIpc) is 2.78. The molecule has 3 unspecified atom stereocenters. The third-order valence-electron chi connectivity index (χ3n) is 8.83. The van der Waals surface area contributed by atoms with Crippen LogP contribution in [0.3, 0.4) is 0 Å². The minimum Gasteiger partial charge on any atom is -0.174 e. The van der Waals surface area contributed by atoms with Gasteiger partial charge in [0.05, 0.1) is 0 Å². The average molecular weight is 429 g/mol. The van der Waals surface area contributed by atoms with Crippen LogP contribution in [0.15, 0.2) is 30.4 Å². The number of benzene rings is 1. The fourth-order valence-electron chi connectivity index (χ4n) is 7.05. The predicted molar refractivity (Wildman–Crippen MR) is 126 cm³/mol. The first-order chi connectivity index (χ1) is 15.1. The minimum atomic E-state index is -1.47. The summed E-state index contributed by atoms with van der Waals surface area (Å²) >= 11 is 0. The molecule has 0 radical (unpaired) electrons. The summed E-state index contributed by atoms with van der Waals surface area (Å²) in [4.78, 5) is 0. The van der Waals surface area contributed by atoms with E-state index in [9.17, 15) is 8.78 Å². The monoisotopic (exact) mass is 428 g/mol. The van der Waals surface area contributed by atoms with Crippen LogP contribution in [0.4, 0.5) is 8.78 Å². The lowest BCUT2D eigenvalue weighted by molar-refractivity contribution is 0.0803. The number of unbranched alkanes of at least 4 members (excludes halogenated alkanes) is 4. The number of fused-ring (bicyclic) bond motifs is 2. The lowest BCUT2D eigenvalue weighted by Gasteiger charge is -2.44. The molecule has 1 aromatic rings. The van der Waals surface area contributed by atoms with E-state index in [4.69, 9.17) is 0 Å². The Morgan fingerprint density at radius 3 is 2.39 bits per heavy atom. The SMILES string of the molecule is CCCCCCCc1ccc2c(c1)CCC(C1CCC3C[C@H](C=C(F)F)CC[C@@H]3C1)C2. The second-order valence-corrected chi connectivity index (χ2v) is 10.9. The van der Waals surface area contributed by atoms with Crippen molar-refractivity contribution in [1.82, 2.24) is 0 Å². The first-order valence-corrected chi connectivity index (χ1v) is 13.3. The number of allylic oxidation sites excluding steroid dienone is 1. The van der Waals surface area contributed by atoms with Crippen molar-refractivity contribution in [2.75, 3.05) is 0 Å². The molecule has 0 nitrogen and oxygen atoms in total. The van der Waals surface area contributed by atoms with Crippen LogP contribution >= 0.6 is 0 Å². The van der Waals surface area contributed by atoms with Gasteiger partial charge in [-0.2, -0.15) is 8.78 Å². The number of aryl methyl sites for hydroxylation is 2. The Balaban J connectivity index is 1.27. The number of hydrogen-bond donors (Lipinski definition) is 0. The van der Waals surface area contributed by atoms with Gasteiger partial charge >= 0.3 is 0 Å². The van der Waals surface area contributed by atoms with E-state index in [2.05, 4.69) is 25.1 Å². The Labute approximate surface area is 188 Å². The van der Waals surface area contributed by atoms with E-state index in [1.165, 1.54) is 89.5 Å². The summed E-state index contributed by atoms with van der Waals surface area (Å²) in [5, 5.41) is 0. The molecule has 0 heterocycles. The fraction of sp³-hybridized carbons (Fsp3) is 0.724. The van der Waals surface area contributed by atoms with Gasteiger partial charge in [0.1, 0.15) is 0 Å². The topological polar surface area (TPSA) is 0 Å². The molecule has 0 spiro atoms. The van der Waals surface area contributed by atoms with Crippen LogP contribution in [0.25, 0.3) is 0 Å². The van der Waals surface area contributed by atoms with Crippen LogP contribution in [0.5, 0.6) is 0 Å². The standard InChI is InChI=1S/C29H42F2/c1-2-3-4-5-6-7-21-8-10-25-19-27(14-12-23(25)16-21)28-15-13-24-17-22(18-29(30)31)9-11-26(24)20-28/h8,10,16,18,22,24,26-28H,2-7,9,11-15,17,19-20H2,1H3/t22-,24?,26-,27?,28?/m1/s1. The second kappa shape index (κ2) is 11.1. The largest absolute Gasteiger partial charge is 0.266 e. The van der Waals surface area contributed by atoms with Gasteiger partial charge in [-0.25, -0.2) is 0 Å². The summed E-state index contributed by atoms with van der Waals surface area (Å²) < 4.78 is 25.3. The quantitative estimate of drug-likeness (QED) is 0.363. The van der Waals surface area contributed by atoms with Crippen LogP contribution in [-0.2, 0) is 19.3 Å². The molecule has 1 aromatic carbocycles. The molecule has 5 atom stereocenters. The highest BCUT2D eigenvalue weighted by Crippen LogP contribution is 2.48. The third-order valence-corrected chi connectivity index (χ3v) is 8.83. The van der Waals surface area contributed by atoms with Gasteiger partial charge in [0.2, 0.25) is 0 Å². The molecule has 2 heteroatoms. The summed E-state index contributed by atoms with van der Waals surface area (Å²) in [6.45, 7) is 2.28. The van der Waals surface area contributed by atoms with Crippen LogP contribution in [0.2, 0.25) is 0 Å². The van der Waals surface area contributed by atoms with E-state index in [-0.39, 0.29) is 5.92 Å². The third kappa shape index (κ3) is 6.20. The summed E-state index contributed by atoms with van der Waals surface area (Å²) in [6.07, 6.45) is 18.8. The van der Waals surface area contributed by atoms with Crippen LogP contribution in [0, 0.1) is 29.6 Å². The lowest BCUT2D eigenvalue weighted by Crippen LogP contribution is -2.34. The van der Waals surface area contributed by atoms with Crippen molar-refractivity contribution in [3.8, 4) is 0 Å². The summed E-state index contributed by atoms with van der Waals surface area (Å²) in [6, 6.07) is 7.36. The van der Waals surface area contributed by atoms with E-state index in [0.717, 1.165) is 30.6 Å². The molecule has 172 valence electrons. The molecule has 0 amide bonds. The highest BCUT2D eigenvalue weighted by Gasteiger charge is 2.38. The maximum absolute atomic E-state index is 12.7. The molecule has 0 bridgehead atoms. The Morgan fingerprint density at radius 1 is 0.839 bits per heavy atom. The van der Waals surface area contributed by atoms with E-state index >= 15 is 0 Å². The molecule has 0 saturated heterocycles. The Hall–Kier alpha value is -1.18. The number of halogens is 2. The van der Waals surface area contributed by atoms with Gasteiger partial charge in [0, 0.05) is 0 Å². The van der Waals surface area contributed by atoms with Crippen LogP contribution < -0.4 is 0 Å². The summed E-state index contributed by atoms with van der Waals surface area (Å²) in [5.41, 5.74) is 4.78. The maximum atomic E-state index is 12.7. The highest BCUT2D eigenvalue weighted by molar-refractivity contribution is 5.34. The first kappa shape index (κ1) is 23.0. The van der Waals surface area contributed by atoms with Crippen molar-refractivity contribution in [3.63, 3.8) is 0 Å². The molecule has 0 aromatic heterocycles. The zero-order valence-electron chi connectivity index (χ0n) is 19.6. The van der Waals surface area contributed by atoms with Crippen molar-refractivity contribution in [2.24, 2.45) is 29.6 Å². The van der Waals surface area contributed by atoms with Crippen molar-refractivity contribution in [3.05, 3.63) is 47.0 Å². The number of hydrogen-bond acceptors (Lipinski definition) is 0. The molecule has 31 heavy (non-hydrogen) atoms. The van der Waals surface area contributed by atoms with Crippen LogP contribution in [-0.4, -0.2) is 0 Å². The van der Waals surface area contributed by atoms with Crippen molar-refractivity contribution < 1.29 is 8.78 Å². The van der Waals surface area contributed by atoms with E-state index in [1.54, 1.807) is 16.7 Å². The van der Waals surface area contributed by atoms with E-state index in [1.807, 2.05) is 0 Å². The molecule has 3 aliphatic carbocycles. The molecule has 4 rings (SSSR count). The maximum Gasteiger partial charge on any atom is 0.266 e. The van der Waals surface area contributed by atoms with E-state index in [0.29, 0.717) is 5.92 Å². The second-order valence-electron chi connectivity index (χ2n) is 10.9. The summed E-state index contributed by atoms with van der Waals surface area (Å²) in [5.74, 6) is 3.32. The van der Waals surface area contributed by atoms with Crippen LogP contribution in [0.1, 0.15) is 101 Å². The molecular weight excluding hydrogens is 386 g/mol. The van der Waals surface area contributed by atoms with Crippen molar-refractivity contribution in [1.29, 1.82) is 0 Å². The molecule has 2 fully saturated rings. The van der Waals surface area contributed by atoms with Gasteiger partial charge in [-0.3, -0.25) is 0 Å². The van der Waals surface area contributed by atoms with Gasteiger partial charge in [0.15, 0.2) is 0 Å². The van der Waals surface area contributed by atoms with Gasteiger partial charge < -0.3 is 0 Å². The number of rotatable bonds is 8. The molecule has 0 N–H and O–H groups in total. The lowest BCUT2D eigenvalue weighted by atomic mass is 9.61. The van der Waals surface area contributed by atoms with Gasteiger partial charge in [-0.15, -0.1) is 0 Å². The fourth-order valence-corrected chi connectivity index (χ4v) is 7.05. The smallest absolute Gasteiger partial charge is 0.174 e. The molecule has 0 aliphatic heterocycles. The first-order valence-electron chi connectivity index (χ1n) is 13.3.